The molecule has 0 aromatic carbocycles. The first-order chi connectivity index (χ1) is 10.0. The van der Waals surface area contributed by atoms with E-state index >= 15 is 0 Å². The molecule has 2 aromatic heterocycles. The summed E-state index contributed by atoms with van der Waals surface area (Å²) in [6.07, 6.45) is 1.76. The fourth-order valence-corrected chi connectivity index (χ4v) is 2.46. The number of pyridine rings is 1. The molecule has 6 nitrogen and oxygen atoms in total. The summed E-state index contributed by atoms with van der Waals surface area (Å²) in [5.74, 6) is 1.77. The fourth-order valence-electron chi connectivity index (χ4n) is 2.46. The Bertz CT molecular complexity index is 606. The zero-order chi connectivity index (χ0) is 15.4. The average molecular weight is 289 g/mol. The first-order valence-corrected chi connectivity index (χ1v) is 6.92. The zero-order valence-electron chi connectivity index (χ0n) is 13.3. The summed E-state index contributed by atoms with van der Waals surface area (Å²) in [5, 5.41) is 7.95. The van der Waals surface area contributed by atoms with Gasteiger partial charge in [0.15, 0.2) is 0 Å². The minimum Gasteiger partial charge on any atom is -0.481 e. The molecule has 0 amide bonds. The summed E-state index contributed by atoms with van der Waals surface area (Å²) in [5.41, 5.74) is 3.43. The molecule has 0 aliphatic carbocycles. The van der Waals surface area contributed by atoms with Crippen LogP contribution in [-0.4, -0.2) is 36.0 Å². The summed E-state index contributed by atoms with van der Waals surface area (Å²) in [7, 11) is 7.67. The number of aromatic nitrogens is 3. The van der Waals surface area contributed by atoms with Crippen molar-refractivity contribution in [3.8, 4) is 5.88 Å². The first-order valence-electron chi connectivity index (χ1n) is 6.92. The van der Waals surface area contributed by atoms with Gasteiger partial charge in [0.25, 0.3) is 0 Å². The lowest BCUT2D eigenvalue weighted by molar-refractivity contribution is 0.397. The van der Waals surface area contributed by atoms with Gasteiger partial charge in [-0.1, -0.05) is 0 Å². The second kappa shape index (κ2) is 6.58. The van der Waals surface area contributed by atoms with Crippen molar-refractivity contribution in [2.75, 3.05) is 26.1 Å². The normalized spacial score (nSPS) is 10.7. The predicted octanol–water partition coefficient (Wildman–Crippen LogP) is 1.49. The average Bonchev–Trinajstić information content (AvgIpc) is 2.73. The topological polar surface area (TPSA) is 55.2 Å². The van der Waals surface area contributed by atoms with Gasteiger partial charge in [0, 0.05) is 52.1 Å². The SMILES string of the molecule is COc1cc(CNCc2c(C)nn(C)c2N(C)C)ccn1. The lowest BCUT2D eigenvalue weighted by atomic mass is 10.2. The second-order valence-corrected chi connectivity index (χ2v) is 5.22. The van der Waals surface area contributed by atoms with Gasteiger partial charge in [0.1, 0.15) is 5.82 Å². The van der Waals surface area contributed by atoms with E-state index in [4.69, 9.17) is 4.74 Å². The van der Waals surface area contributed by atoms with Gasteiger partial charge in [-0.3, -0.25) is 4.68 Å². The monoisotopic (exact) mass is 289 g/mol. The predicted molar refractivity (Wildman–Crippen MR) is 83.6 cm³/mol. The molecule has 0 atom stereocenters. The molecule has 0 aliphatic rings. The number of rotatable bonds is 6. The molecule has 114 valence electrons. The highest BCUT2D eigenvalue weighted by molar-refractivity contribution is 5.48. The third kappa shape index (κ3) is 3.52. The Kier molecular flexibility index (Phi) is 4.80. The number of methoxy groups -OCH3 is 1. The quantitative estimate of drug-likeness (QED) is 0.873. The maximum absolute atomic E-state index is 5.13. The Morgan fingerprint density at radius 3 is 2.76 bits per heavy atom. The van der Waals surface area contributed by atoms with E-state index in [9.17, 15) is 0 Å². The molecule has 1 N–H and O–H groups in total. The molecule has 0 radical (unpaired) electrons. The Morgan fingerprint density at radius 1 is 1.33 bits per heavy atom. The molecule has 0 saturated heterocycles. The van der Waals surface area contributed by atoms with Crippen molar-refractivity contribution < 1.29 is 4.74 Å². The molecule has 2 aromatic rings. The lowest BCUT2D eigenvalue weighted by Gasteiger charge is -2.15. The minimum atomic E-state index is 0.640. The number of nitrogens with one attached hydrogen (secondary N) is 1. The number of aryl methyl sites for hydroxylation is 2. The largest absolute Gasteiger partial charge is 0.481 e. The van der Waals surface area contributed by atoms with Crippen molar-refractivity contribution in [1.82, 2.24) is 20.1 Å². The fraction of sp³-hybridized carbons (Fsp3) is 0.467. The van der Waals surface area contributed by atoms with Gasteiger partial charge in [-0.05, 0) is 18.6 Å². The van der Waals surface area contributed by atoms with Crippen LogP contribution in [0.3, 0.4) is 0 Å². The van der Waals surface area contributed by atoms with Gasteiger partial charge in [0.2, 0.25) is 5.88 Å². The number of hydrogen-bond acceptors (Lipinski definition) is 5. The van der Waals surface area contributed by atoms with Crippen molar-refractivity contribution in [3.05, 3.63) is 35.2 Å². The Balaban J connectivity index is 2.03. The maximum atomic E-state index is 5.13. The molecule has 2 heterocycles. The van der Waals surface area contributed by atoms with Gasteiger partial charge in [-0.2, -0.15) is 5.10 Å². The maximum Gasteiger partial charge on any atom is 0.213 e. The summed E-state index contributed by atoms with van der Waals surface area (Å²) >= 11 is 0. The molecule has 2 rings (SSSR count). The molecule has 21 heavy (non-hydrogen) atoms. The number of ether oxygens (including phenoxy) is 1. The van der Waals surface area contributed by atoms with Crippen LogP contribution in [0.25, 0.3) is 0 Å². The molecule has 0 bridgehead atoms. The van der Waals surface area contributed by atoms with Crippen molar-refractivity contribution in [3.63, 3.8) is 0 Å². The summed E-state index contributed by atoms with van der Waals surface area (Å²) < 4.78 is 7.05. The molecule has 0 unspecified atom stereocenters. The van der Waals surface area contributed by atoms with Gasteiger partial charge < -0.3 is 15.0 Å². The van der Waals surface area contributed by atoms with Gasteiger partial charge >= 0.3 is 0 Å². The van der Waals surface area contributed by atoms with Gasteiger partial charge in [-0.25, -0.2) is 4.98 Å². The van der Waals surface area contributed by atoms with Crippen LogP contribution in [0, 0.1) is 6.92 Å². The first kappa shape index (κ1) is 15.3. The van der Waals surface area contributed by atoms with Crippen molar-refractivity contribution in [2.24, 2.45) is 7.05 Å². The lowest BCUT2D eigenvalue weighted by Crippen LogP contribution is -2.19. The van der Waals surface area contributed by atoms with E-state index in [1.807, 2.05) is 44.9 Å². The minimum absolute atomic E-state index is 0.640. The van der Waals surface area contributed by atoms with Crippen LogP contribution in [-0.2, 0) is 20.1 Å². The van der Waals surface area contributed by atoms with Crippen molar-refractivity contribution in [2.45, 2.75) is 20.0 Å². The third-order valence-electron chi connectivity index (χ3n) is 3.38. The van der Waals surface area contributed by atoms with Crippen LogP contribution >= 0.6 is 0 Å². The molecular formula is C15H23N5O. The van der Waals surface area contributed by atoms with Crippen LogP contribution in [0.4, 0.5) is 5.82 Å². The Labute approximate surface area is 125 Å². The smallest absolute Gasteiger partial charge is 0.213 e. The van der Waals surface area contributed by atoms with Crippen molar-refractivity contribution in [1.29, 1.82) is 0 Å². The Morgan fingerprint density at radius 2 is 2.10 bits per heavy atom. The zero-order valence-corrected chi connectivity index (χ0v) is 13.3. The van der Waals surface area contributed by atoms with Crippen molar-refractivity contribution >= 4 is 5.82 Å². The van der Waals surface area contributed by atoms with E-state index in [2.05, 4.69) is 20.3 Å². The van der Waals surface area contributed by atoms with Crippen LogP contribution in [0.5, 0.6) is 5.88 Å². The highest BCUT2D eigenvalue weighted by Crippen LogP contribution is 2.21. The highest BCUT2D eigenvalue weighted by atomic mass is 16.5. The van der Waals surface area contributed by atoms with E-state index in [1.54, 1.807) is 13.3 Å². The summed E-state index contributed by atoms with van der Waals surface area (Å²) in [6, 6.07) is 3.93. The van der Waals surface area contributed by atoms with Crippen LogP contribution in [0.15, 0.2) is 18.3 Å². The summed E-state index contributed by atoms with van der Waals surface area (Å²) in [4.78, 5) is 6.20. The molecule has 0 spiro atoms. The third-order valence-corrected chi connectivity index (χ3v) is 3.38. The molecule has 0 aliphatic heterocycles. The van der Waals surface area contributed by atoms with Crippen LogP contribution in [0.2, 0.25) is 0 Å². The van der Waals surface area contributed by atoms with Gasteiger partial charge in [0.05, 0.1) is 12.8 Å². The van der Waals surface area contributed by atoms with E-state index in [-0.39, 0.29) is 0 Å². The Hall–Kier alpha value is -2.08. The summed E-state index contributed by atoms with van der Waals surface area (Å²) in [6.45, 7) is 3.58. The standard InChI is InChI=1S/C15H23N5O/c1-11-13(15(19(2)3)20(4)18-11)10-16-9-12-6-7-17-14(8-12)21-5/h6-8,16H,9-10H2,1-5H3. The van der Waals surface area contributed by atoms with Crippen LogP contribution < -0.4 is 15.0 Å². The number of nitrogens with zero attached hydrogens (tertiary/aromatic N) is 4. The number of anilines is 1. The molecule has 6 heteroatoms. The van der Waals surface area contributed by atoms with E-state index in [0.717, 1.165) is 30.2 Å². The molecule has 0 fully saturated rings. The number of hydrogen-bond donors (Lipinski definition) is 1. The highest BCUT2D eigenvalue weighted by Gasteiger charge is 2.14. The van der Waals surface area contributed by atoms with E-state index in [0.29, 0.717) is 5.88 Å². The van der Waals surface area contributed by atoms with E-state index < -0.39 is 0 Å². The van der Waals surface area contributed by atoms with Gasteiger partial charge in [-0.15, -0.1) is 0 Å². The second-order valence-electron chi connectivity index (χ2n) is 5.22. The molecular weight excluding hydrogens is 266 g/mol. The van der Waals surface area contributed by atoms with E-state index in [1.165, 1.54) is 5.56 Å². The molecule has 0 saturated carbocycles. The van der Waals surface area contributed by atoms with Crippen LogP contribution in [0.1, 0.15) is 16.8 Å².